The molecule has 108 valence electrons. The molecule has 1 aromatic rings. The molecule has 0 radical (unpaired) electrons. The first-order valence-corrected chi connectivity index (χ1v) is 6.72. The fraction of sp³-hybridized carbons (Fsp3) is 0.600. The molecule has 0 heterocycles. The van der Waals surface area contributed by atoms with Gasteiger partial charge in [-0.1, -0.05) is 6.92 Å². The van der Waals surface area contributed by atoms with Crippen LogP contribution in [0.15, 0.2) is 24.3 Å². The van der Waals surface area contributed by atoms with Crippen molar-refractivity contribution in [3.63, 3.8) is 0 Å². The van der Waals surface area contributed by atoms with E-state index in [4.69, 9.17) is 9.47 Å². The number of nitrogens with one attached hydrogen (secondary N) is 1. The van der Waals surface area contributed by atoms with E-state index in [1.54, 1.807) is 7.11 Å². The highest BCUT2D eigenvalue weighted by Crippen LogP contribution is 2.16. The summed E-state index contributed by atoms with van der Waals surface area (Å²) in [7, 11) is 5.81. The lowest BCUT2D eigenvalue weighted by Gasteiger charge is -2.14. The van der Waals surface area contributed by atoms with Gasteiger partial charge in [0.15, 0.2) is 0 Å². The zero-order valence-electron chi connectivity index (χ0n) is 12.5. The van der Waals surface area contributed by atoms with Crippen molar-refractivity contribution in [2.45, 2.75) is 6.92 Å². The maximum Gasteiger partial charge on any atom is 0.119 e. The van der Waals surface area contributed by atoms with E-state index in [0.717, 1.165) is 31.1 Å². The first-order valence-electron chi connectivity index (χ1n) is 6.72. The van der Waals surface area contributed by atoms with Gasteiger partial charge in [-0.2, -0.15) is 0 Å². The van der Waals surface area contributed by atoms with E-state index in [9.17, 15) is 0 Å². The summed E-state index contributed by atoms with van der Waals surface area (Å²) >= 11 is 0. The average molecular weight is 266 g/mol. The molecular weight excluding hydrogens is 240 g/mol. The minimum Gasteiger partial charge on any atom is -0.492 e. The van der Waals surface area contributed by atoms with Crippen LogP contribution in [0, 0.1) is 5.92 Å². The van der Waals surface area contributed by atoms with E-state index < -0.39 is 0 Å². The van der Waals surface area contributed by atoms with Crippen LogP contribution in [0.1, 0.15) is 6.92 Å². The Morgan fingerprint density at radius 2 is 1.89 bits per heavy atom. The Bertz CT molecular complexity index is 339. The van der Waals surface area contributed by atoms with E-state index in [1.807, 2.05) is 38.4 Å². The van der Waals surface area contributed by atoms with Crippen molar-refractivity contribution in [3.8, 4) is 5.75 Å². The van der Waals surface area contributed by atoms with Gasteiger partial charge in [0.05, 0.1) is 6.61 Å². The molecule has 1 atom stereocenters. The third-order valence-corrected chi connectivity index (χ3v) is 2.77. The molecule has 0 aliphatic carbocycles. The average Bonchev–Trinajstić information content (AvgIpc) is 2.38. The molecule has 0 amide bonds. The molecule has 19 heavy (non-hydrogen) atoms. The van der Waals surface area contributed by atoms with Crippen LogP contribution in [-0.4, -0.2) is 52.4 Å². The first kappa shape index (κ1) is 15.8. The summed E-state index contributed by atoms with van der Waals surface area (Å²) in [5.74, 6) is 1.42. The predicted octanol–water partition coefficient (Wildman–Crippen LogP) is 2.32. The van der Waals surface area contributed by atoms with E-state index in [0.29, 0.717) is 12.5 Å². The Hall–Kier alpha value is -1.26. The van der Waals surface area contributed by atoms with Gasteiger partial charge < -0.3 is 19.7 Å². The van der Waals surface area contributed by atoms with Gasteiger partial charge in [0, 0.05) is 25.9 Å². The molecule has 4 heteroatoms. The maximum absolute atomic E-state index is 5.65. The normalized spacial score (nSPS) is 12.5. The number of methoxy groups -OCH3 is 1. The molecule has 1 aromatic carbocycles. The number of hydrogen-bond acceptors (Lipinski definition) is 4. The number of anilines is 1. The van der Waals surface area contributed by atoms with Gasteiger partial charge in [0.25, 0.3) is 0 Å². The Morgan fingerprint density at radius 1 is 1.21 bits per heavy atom. The van der Waals surface area contributed by atoms with Gasteiger partial charge in [0.1, 0.15) is 12.4 Å². The molecule has 0 fully saturated rings. The van der Waals surface area contributed by atoms with Crippen LogP contribution in [0.5, 0.6) is 5.75 Å². The molecule has 0 bridgehead atoms. The van der Waals surface area contributed by atoms with Crippen molar-refractivity contribution in [1.82, 2.24) is 4.90 Å². The van der Waals surface area contributed by atoms with E-state index in [1.165, 1.54) is 0 Å². The van der Waals surface area contributed by atoms with Crippen LogP contribution in [0.25, 0.3) is 0 Å². The Kier molecular flexibility index (Phi) is 7.30. The first-order chi connectivity index (χ1) is 9.11. The smallest absolute Gasteiger partial charge is 0.119 e. The Morgan fingerprint density at radius 3 is 2.47 bits per heavy atom. The van der Waals surface area contributed by atoms with Gasteiger partial charge in [-0.05, 0) is 44.3 Å². The molecule has 1 unspecified atom stereocenters. The van der Waals surface area contributed by atoms with Crippen LogP contribution < -0.4 is 10.1 Å². The lowest BCUT2D eigenvalue weighted by atomic mass is 10.2. The SMILES string of the molecule is COCC(C)CNc1ccc(OCCN(C)C)cc1. The molecule has 0 aliphatic heterocycles. The van der Waals surface area contributed by atoms with Gasteiger partial charge in [0.2, 0.25) is 0 Å². The number of likely N-dealkylation sites (N-methyl/N-ethyl adjacent to an activating group) is 1. The van der Waals surface area contributed by atoms with Gasteiger partial charge in [-0.25, -0.2) is 0 Å². The summed E-state index contributed by atoms with van der Waals surface area (Å²) in [4.78, 5) is 2.10. The fourth-order valence-electron chi connectivity index (χ4n) is 1.65. The lowest BCUT2D eigenvalue weighted by molar-refractivity contribution is 0.164. The second-order valence-electron chi connectivity index (χ2n) is 5.12. The van der Waals surface area contributed by atoms with Gasteiger partial charge in [-0.15, -0.1) is 0 Å². The maximum atomic E-state index is 5.65. The highest BCUT2D eigenvalue weighted by Gasteiger charge is 2.01. The quantitative estimate of drug-likeness (QED) is 0.744. The van der Waals surface area contributed by atoms with Crippen molar-refractivity contribution < 1.29 is 9.47 Å². The van der Waals surface area contributed by atoms with Crippen molar-refractivity contribution >= 4 is 5.69 Å². The molecular formula is C15H26N2O2. The lowest BCUT2D eigenvalue weighted by Crippen LogP contribution is -2.19. The molecule has 0 aliphatic rings. The summed E-state index contributed by atoms with van der Waals surface area (Å²) in [5, 5.41) is 3.39. The van der Waals surface area contributed by atoms with Crippen molar-refractivity contribution in [2.75, 3.05) is 52.8 Å². The molecule has 1 N–H and O–H groups in total. The summed E-state index contributed by atoms with van der Waals surface area (Å²) in [6.07, 6.45) is 0. The molecule has 0 saturated heterocycles. The van der Waals surface area contributed by atoms with Crippen molar-refractivity contribution in [1.29, 1.82) is 0 Å². The van der Waals surface area contributed by atoms with E-state index in [-0.39, 0.29) is 0 Å². The highest BCUT2D eigenvalue weighted by atomic mass is 16.5. The summed E-state index contributed by atoms with van der Waals surface area (Å²) < 4.78 is 10.8. The Balaban J connectivity index is 2.30. The summed E-state index contributed by atoms with van der Waals surface area (Å²) in [6, 6.07) is 8.09. The zero-order chi connectivity index (χ0) is 14.1. The zero-order valence-corrected chi connectivity index (χ0v) is 12.5. The van der Waals surface area contributed by atoms with E-state index in [2.05, 4.69) is 17.1 Å². The van der Waals surface area contributed by atoms with Crippen LogP contribution in [0.2, 0.25) is 0 Å². The Labute approximate surface area is 116 Å². The van der Waals surface area contributed by atoms with Crippen LogP contribution in [0.4, 0.5) is 5.69 Å². The molecule has 4 nitrogen and oxygen atoms in total. The molecule has 0 saturated carbocycles. The molecule has 0 spiro atoms. The fourth-order valence-corrected chi connectivity index (χ4v) is 1.65. The van der Waals surface area contributed by atoms with Gasteiger partial charge in [-0.3, -0.25) is 0 Å². The second-order valence-corrected chi connectivity index (χ2v) is 5.12. The minimum atomic E-state index is 0.501. The summed E-state index contributed by atoms with van der Waals surface area (Å²) in [6.45, 7) is 5.49. The number of rotatable bonds is 9. The standard InChI is InChI=1S/C15H26N2O2/c1-13(12-18-4)11-16-14-5-7-15(8-6-14)19-10-9-17(2)3/h5-8,13,16H,9-12H2,1-4H3. The predicted molar refractivity (Wildman–Crippen MR) is 80.0 cm³/mol. The van der Waals surface area contributed by atoms with Crippen molar-refractivity contribution in [2.24, 2.45) is 5.92 Å². The number of hydrogen-bond donors (Lipinski definition) is 1. The minimum absolute atomic E-state index is 0.501. The topological polar surface area (TPSA) is 33.7 Å². The second kappa shape index (κ2) is 8.77. The third-order valence-electron chi connectivity index (χ3n) is 2.77. The third kappa shape index (κ3) is 7.03. The number of benzene rings is 1. The van der Waals surface area contributed by atoms with Crippen molar-refractivity contribution in [3.05, 3.63) is 24.3 Å². The molecule has 1 rings (SSSR count). The largest absolute Gasteiger partial charge is 0.492 e. The van der Waals surface area contributed by atoms with E-state index >= 15 is 0 Å². The van der Waals surface area contributed by atoms with Crippen LogP contribution in [-0.2, 0) is 4.74 Å². The van der Waals surface area contributed by atoms with Gasteiger partial charge >= 0.3 is 0 Å². The number of ether oxygens (including phenoxy) is 2. The highest BCUT2D eigenvalue weighted by molar-refractivity contribution is 5.46. The monoisotopic (exact) mass is 266 g/mol. The number of nitrogens with zero attached hydrogens (tertiary/aromatic N) is 1. The van der Waals surface area contributed by atoms with Crippen LogP contribution >= 0.6 is 0 Å². The summed E-state index contributed by atoms with van der Waals surface area (Å²) in [5.41, 5.74) is 1.11. The van der Waals surface area contributed by atoms with Crippen LogP contribution in [0.3, 0.4) is 0 Å². The molecule has 0 aromatic heterocycles.